The highest BCUT2D eigenvalue weighted by atomic mass is 19.3. The van der Waals surface area contributed by atoms with Gasteiger partial charge in [0.15, 0.2) is 0 Å². The van der Waals surface area contributed by atoms with Crippen LogP contribution < -0.4 is 5.32 Å². The van der Waals surface area contributed by atoms with Crippen LogP contribution in [0.3, 0.4) is 0 Å². The summed E-state index contributed by atoms with van der Waals surface area (Å²) in [5.41, 5.74) is 1.28. The van der Waals surface area contributed by atoms with E-state index in [1.54, 1.807) is 24.3 Å². The molecule has 1 fully saturated rings. The minimum atomic E-state index is -2.61. The largest absolute Gasteiger partial charge is 0.326 e. The highest BCUT2D eigenvalue weighted by Gasteiger charge is 2.37. The summed E-state index contributed by atoms with van der Waals surface area (Å²) in [5.74, 6) is -0.673. The lowest BCUT2D eigenvalue weighted by molar-refractivity contribution is -0.124. The first kappa shape index (κ1) is 13.5. The summed E-state index contributed by atoms with van der Waals surface area (Å²) in [6, 6.07) is 6.93. The third-order valence-electron chi connectivity index (χ3n) is 3.38. The SMILES string of the molecule is C#Cc1cccc(NC(=O)C2CCC(F)(F)CC2)c1. The zero-order valence-corrected chi connectivity index (χ0v) is 10.5. The van der Waals surface area contributed by atoms with E-state index in [9.17, 15) is 13.6 Å². The molecule has 0 unspecified atom stereocenters. The number of carbonyl (C=O) groups excluding carboxylic acids is 1. The van der Waals surface area contributed by atoms with Crippen LogP contribution in [-0.4, -0.2) is 11.8 Å². The van der Waals surface area contributed by atoms with Gasteiger partial charge in [-0.15, -0.1) is 6.42 Å². The number of rotatable bonds is 2. The molecule has 1 aromatic rings. The Morgan fingerprint density at radius 3 is 2.68 bits per heavy atom. The Morgan fingerprint density at radius 1 is 1.37 bits per heavy atom. The molecule has 2 rings (SSSR count). The Hall–Kier alpha value is -1.89. The van der Waals surface area contributed by atoms with Crippen LogP contribution in [0.2, 0.25) is 0 Å². The van der Waals surface area contributed by atoms with E-state index in [0.29, 0.717) is 11.3 Å². The molecule has 0 heterocycles. The van der Waals surface area contributed by atoms with E-state index in [2.05, 4.69) is 11.2 Å². The van der Waals surface area contributed by atoms with Crippen molar-refractivity contribution in [3.63, 3.8) is 0 Å². The van der Waals surface area contributed by atoms with Crippen molar-refractivity contribution in [2.24, 2.45) is 5.92 Å². The highest BCUT2D eigenvalue weighted by Crippen LogP contribution is 2.36. The normalized spacial score (nSPS) is 18.6. The van der Waals surface area contributed by atoms with E-state index in [0.717, 1.165) is 0 Å². The van der Waals surface area contributed by atoms with Crippen molar-refractivity contribution < 1.29 is 13.6 Å². The Morgan fingerprint density at radius 2 is 2.05 bits per heavy atom. The lowest BCUT2D eigenvalue weighted by atomic mass is 9.86. The standard InChI is InChI=1S/C15H15F2NO/c1-2-11-4-3-5-13(10-11)18-14(19)12-6-8-15(16,17)9-7-12/h1,3-5,10,12H,6-9H2,(H,18,19). The molecule has 1 amide bonds. The van der Waals surface area contributed by atoms with Gasteiger partial charge in [-0.25, -0.2) is 8.78 Å². The quantitative estimate of drug-likeness (QED) is 0.814. The second-order valence-corrected chi connectivity index (χ2v) is 4.84. The molecular formula is C15H15F2NO. The molecule has 0 atom stereocenters. The number of hydrogen-bond acceptors (Lipinski definition) is 1. The van der Waals surface area contributed by atoms with Crippen molar-refractivity contribution in [1.29, 1.82) is 0 Å². The number of anilines is 1. The maximum Gasteiger partial charge on any atom is 0.248 e. The fraction of sp³-hybridized carbons (Fsp3) is 0.400. The second kappa shape index (κ2) is 5.40. The molecule has 1 saturated carbocycles. The average molecular weight is 263 g/mol. The van der Waals surface area contributed by atoms with E-state index < -0.39 is 5.92 Å². The lowest BCUT2D eigenvalue weighted by Crippen LogP contribution is -2.31. The monoisotopic (exact) mass is 263 g/mol. The van der Waals surface area contributed by atoms with Crippen molar-refractivity contribution in [3.05, 3.63) is 29.8 Å². The molecule has 0 spiro atoms. The van der Waals surface area contributed by atoms with Gasteiger partial charge in [0.1, 0.15) is 0 Å². The number of hydrogen-bond donors (Lipinski definition) is 1. The molecule has 1 N–H and O–H groups in total. The molecule has 100 valence electrons. The van der Waals surface area contributed by atoms with Gasteiger partial charge in [0.25, 0.3) is 0 Å². The minimum Gasteiger partial charge on any atom is -0.326 e. The van der Waals surface area contributed by atoms with Gasteiger partial charge in [0, 0.05) is 30.0 Å². The molecule has 4 heteroatoms. The van der Waals surface area contributed by atoms with E-state index >= 15 is 0 Å². The fourth-order valence-corrected chi connectivity index (χ4v) is 2.23. The van der Waals surface area contributed by atoms with Crippen LogP contribution in [-0.2, 0) is 4.79 Å². The van der Waals surface area contributed by atoms with Crippen LogP contribution in [0, 0.1) is 18.3 Å². The van der Waals surface area contributed by atoms with Crippen molar-refractivity contribution >= 4 is 11.6 Å². The van der Waals surface area contributed by atoms with Crippen molar-refractivity contribution in [2.75, 3.05) is 5.32 Å². The van der Waals surface area contributed by atoms with Crippen molar-refractivity contribution in [2.45, 2.75) is 31.6 Å². The van der Waals surface area contributed by atoms with Gasteiger partial charge in [-0.3, -0.25) is 4.79 Å². The molecule has 0 radical (unpaired) electrons. The first-order valence-electron chi connectivity index (χ1n) is 6.25. The summed E-state index contributed by atoms with van der Waals surface area (Å²) < 4.78 is 26.0. The summed E-state index contributed by atoms with van der Waals surface area (Å²) >= 11 is 0. The van der Waals surface area contributed by atoms with Crippen LogP contribution in [0.25, 0.3) is 0 Å². The number of carbonyl (C=O) groups is 1. The van der Waals surface area contributed by atoms with Gasteiger partial charge in [0.05, 0.1) is 0 Å². The average Bonchev–Trinajstić information content (AvgIpc) is 2.38. The molecule has 19 heavy (non-hydrogen) atoms. The van der Waals surface area contributed by atoms with Crippen LogP contribution in [0.15, 0.2) is 24.3 Å². The Kier molecular flexibility index (Phi) is 3.84. The predicted octanol–water partition coefficient (Wildman–Crippen LogP) is 3.43. The fourth-order valence-electron chi connectivity index (χ4n) is 2.23. The summed E-state index contributed by atoms with van der Waals surface area (Å²) in [7, 11) is 0. The molecule has 2 nitrogen and oxygen atoms in total. The summed E-state index contributed by atoms with van der Waals surface area (Å²) in [5, 5.41) is 2.73. The van der Waals surface area contributed by atoms with E-state index in [4.69, 9.17) is 6.42 Å². The second-order valence-electron chi connectivity index (χ2n) is 4.84. The van der Waals surface area contributed by atoms with Gasteiger partial charge in [-0.2, -0.15) is 0 Å². The third-order valence-corrected chi connectivity index (χ3v) is 3.38. The summed E-state index contributed by atoms with van der Waals surface area (Å²) in [4.78, 5) is 12.0. The van der Waals surface area contributed by atoms with E-state index in [1.165, 1.54) is 0 Å². The zero-order valence-electron chi connectivity index (χ0n) is 10.5. The lowest BCUT2D eigenvalue weighted by Gasteiger charge is -2.27. The molecule has 0 bridgehead atoms. The number of amides is 1. The minimum absolute atomic E-state index is 0.204. The summed E-state index contributed by atoms with van der Waals surface area (Å²) in [6.07, 6.45) is 5.31. The first-order valence-corrected chi connectivity index (χ1v) is 6.25. The smallest absolute Gasteiger partial charge is 0.248 e. The topological polar surface area (TPSA) is 29.1 Å². The van der Waals surface area contributed by atoms with Crippen molar-refractivity contribution in [3.8, 4) is 12.3 Å². The molecule has 0 aromatic heterocycles. The maximum absolute atomic E-state index is 13.0. The molecule has 0 saturated heterocycles. The Labute approximate surface area is 111 Å². The molecule has 1 aromatic carbocycles. The van der Waals surface area contributed by atoms with Crippen LogP contribution in [0.1, 0.15) is 31.2 Å². The Balaban J connectivity index is 1.96. The molecule has 1 aliphatic rings. The molecule has 0 aliphatic heterocycles. The van der Waals surface area contributed by atoms with Gasteiger partial charge in [-0.1, -0.05) is 12.0 Å². The van der Waals surface area contributed by atoms with E-state index in [1.807, 2.05) is 0 Å². The Bertz CT molecular complexity index is 509. The number of nitrogens with one attached hydrogen (secondary N) is 1. The predicted molar refractivity (Wildman–Crippen MR) is 69.9 cm³/mol. The number of halogens is 2. The summed E-state index contributed by atoms with van der Waals surface area (Å²) in [6.45, 7) is 0. The van der Waals surface area contributed by atoms with Crippen LogP contribution >= 0.6 is 0 Å². The molecular weight excluding hydrogens is 248 g/mol. The van der Waals surface area contributed by atoms with Gasteiger partial charge in [-0.05, 0) is 31.0 Å². The highest BCUT2D eigenvalue weighted by molar-refractivity contribution is 5.92. The maximum atomic E-state index is 13.0. The first-order chi connectivity index (χ1) is 9.00. The number of terminal acetylenes is 1. The zero-order chi connectivity index (χ0) is 13.9. The van der Waals surface area contributed by atoms with Gasteiger partial charge in [0.2, 0.25) is 11.8 Å². The number of alkyl halides is 2. The van der Waals surface area contributed by atoms with Crippen molar-refractivity contribution in [1.82, 2.24) is 0 Å². The molecule has 1 aliphatic carbocycles. The van der Waals surface area contributed by atoms with E-state index in [-0.39, 0.29) is 37.5 Å². The van der Waals surface area contributed by atoms with Gasteiger partial charge >= 0.3 is 0 Å². The third kappa shape index (κ3) is 3.54. The van der Waals surface area contributed by atoms with Crippen LogP contribution in [0.5, 0.6) is 0 Å². The number of benzene rings is 1. The van der Waals surface area contributed by atoms with Crippen LogP contribution in [0.4, 0.5) is 14.5 Å². The van der Waals surface area contributed by atoms with Gasteiger partial charge < -0.3 is 5.32 Å².